The van der Waals surface area contributed by atoms with Gasteiger partial charge in [0.1, 0.15) is 16.6 Å². The molecule has 1 saturated heterocycles. The maximum Gasteiger partial charge on any atom is 0.330 e. The van der Waals surface area contributed by atoms with Gasteiger partial charge in [-0.3, -0.25) is 19.4 Å². The van der Waals surface area contributed by atoms with E-state index in [9.17, 15) is 9.59 Å². The van der Waals surface area contributed by atoms with Gasteiger partial charge in [-0.25, -0.2) is 15.3 Å². The summed E-state index contributed by atoms with van der Waals surface area (Å²) in [5.74, 6) is 0.382. The number of carbonyl (C=O) groups excluding carboxylic acids is 2. The summed E-state index contributed by atoms with van der Waals surface area (Å²) in [4.78, 5) is 45.9. The van der Waals surface area contributed by atoms with E-state index in [0.717, 1.165) is 24.5 Å². The van der Waals surface area contributed by atoms with Crippen LogP contribution in [-0.2, 0) is 16.1 Å². The Kier molecular flexibility index (Phi) is 9.17. The standard InChI is InChI=1S/C28H31Cl2N7O5/c1-4-36-25-17(15-31-27(33-25)32-18-6-8-19(9-7-18)35-10-12-41-13-11-35)16-37(28(36)39)24-22(29)20(26(38)34-42-5-2)14-21(40-3)23(24)30/h6-9,14-15H,4-5,10-13,16H2,1-3H3,(H,34,38)(H,31,32,33). The van der Waals surface area contributed by atoms with Crippen molar-refractivity contribution in [1.29, 1.82) is 0 Å². The largest absolute Gasteiger partial charge is 0.495 e. The first kappa shape index (κ1) is 29.6. The van der Waals surface area contributed by atoms with Crippen molar-refractivity contribution >= 4 is 64.0 Å². The Balaban J connectivity index is 1.43. The van der Waals surface area contributed by atoms with Gasteiger partial charge in [0, 0.05) is 42.8 Å². The molecule has 42 heavy (non-hydrogen) atoms. The number of hydrogen-bond acceptors (Lipinski definition) is 9. The molecule has 2 aromatic carbocycles. The van der Waals surface area contributed by atoms with Crippen LogP contribution < -0.4 is 30.2 Å². The lowest BCUT2D eigenvalue weighted by atomic mass is 10.1. The minimum absolute atomic E-state index is 0.0226. The Morgan fingerprint density at radius 3 is 2.52 bits per heavy atom. The predicted molar refractivity (Wildman–Crippen MR) is 161 cm³/mol. The van der Waals surface area contributed by atoms with Gasteiger partial charge in [-0.15, -0.1) is 0 Å². The van der Waals surface area contributed by atoms with Crippen LogP contribution in [0.4, 0.5) is 33.6 Å². The highest BCUT2D eigenvalue weighted by atomic mass is 35.5. The molecule has 0 aliphatic carbocycles. The van der Waals surface area contributed by atoms with Gasteiger partial charge in [0.25, 0.3) is 5.91 Å². The number of nitrogens with zero attached hydrogens (tertiary/aromatic N) is 5. The van der Waals surface area contributed by atoms with Crippen LogP contribution >= 0.6 is 23.2 Å². The molecule has 12 nitrogen and oxygen atoms in total. The fourth-order valence-electron chi connectivity index (χ4n) is 4.79. The highest BCUT2D eigenvalue weighted by Crippen LogP contribution is 2.45. The molecule has 3 aromatic rings. The molecule has 0 spiro atoms. The molecular weight excluding hydrogens is 585 g/mol. The molecule has 2 aliphatic heterocycles. The van der Waals surface area contributed by atoms with Crippen molar-refractivity contribution < 1.29 is 23.9 Å². The Hall–Kier alpha value is -3.84. The molecule has 0 saturated carbocycles. The van der Waals surface area contributed by atoms with Gasteiger partial charge in [-0.2, -0.15) is 4.98 Å². The highest BCUT2D eigenvalue weighted by Gasteiger charge is 2.36. The average Bonchev–Trinajstić information content (AvgIpc) is 3.01. The summed E-state index contributed by atoms with van der Waals surface area (Å²) in [7, 11) is 1.41. The third-order valence-electron chi connectivity index (χ3n) is 6.89. The van der Waals surface area contributed by atoms with E-state index in [0.29, 0.717) is 37.1 Å². The van der Waals surface area contributed by atoms with E-state index in [2.05, 4.69) is 25.7 Å². The smallest absolute Gasteiger partial charge is 0.330 e. The van der Waals surface area contributed by atoms with E-state index in [1.165, 1.54) is 23.0 Å². The Labute approximate surface area is 253 Å². The zero-order valence-corrected chi connectivity index (χ0v) is 25.0. The molecule has 0 atom stereocenters. The number of urea groups is 1. The topological polar surface area (TPSA) is 121 Å². The van der Waals surface area contributed by atoms with E-state index < -0.39 is 11.9 Å². The molecule has 1 aromatic heterocycles. The quantitative estimate of drug-likeness (QED) is 0.319. The van der Waals surface area contributed by atoms with E-state index >= 15 is 0 Å². The van der Waals surface area contributed by atoms with Crippen LogP contribution in [0.25, 0.3) is 0 Å². The molecular formula is C28H31Cl2N7O5. The lowest BCUT2D eigenvalue weighted by molar-refractivity contribution is 0.0364. The van der Waals surface area contributed by atoms with Gasteiger partial charge in [0.15, 0.2) is 0 Å². The van der Waals surface area contributed by atoms with Crippen molar-refractivity contribution in [3.63, 3.8) is 0 Å². The summed E-state index contributed by atoms with van der Waals surface area (Å²) in [6, 6.07) is 8.98. The summed E-state index contributed by atoms with van der Waals surface area (Å²) >= 11 is 13.3. The fourth-order valence-corrected chi connectivity index (χ4v) is 5.50. The monoisotopic (exact) mass is 615 g/mol. The molecule has 2 aliphatic rings. The van der Waals surface area contributed by atoms with E-state index in [1.807, 2.05) is 31.2 Å². The normalized spacial score (nSPS) is 15.0. The third kappa shape index (κ3) is 5.88. The number of anilines is 5. The number of aromatic nitrogens is 2. The molecule has 0 radical (unpaired) electrons. The van der Waals surface area contributed by atoms with Crippen LogP contribution in [0.1, 0.15) is 29.8 Å². The van der Waals surface area contributed by atoms with Crippen molar-refractivity contribution in [3.05, 3.63) is 57.7 Å². The average molecular weight is 617 g/mol. The second kappa shape index (κ2) is 13.0. The maximum atomic E-state index is 13.8. The first-order valence-electron chi connectivity index (χ1n) is 13.5. The predicted octanol–water partition coefficient (Wildman–Crippen LogP) is 5.02. The van der Waals surface area contributed by atoms with Crippen LogP contribution in [0.3, 0.4) is 0 Å². The number of hydrogen-bond donors (Lipinski definition) is 2. The SMILES string of the molecule is CCONC(=O)c1cc(OC)c(Cl)c(N2Cc3cnc(Nc4ccc(N5CCOCC5)cc4)nc3N(CC)C2=O)c1Cl. The molecule has 2 N–H and O–H groups in total. The lowest BCUT2D eigenvalue weighted by Gasteiger charge is -2.36. The number of ether oxygens (including phenoxy) is 2. The zero-order chi connectivity index (χ0) is 29.8. The van der Waals surface area contributed by atoms with Crippen molar-refractivity contribution in [2.75, 3.05) is 66.6 Å². The summed E-state index contributed by atoms with van der Waals surface area (Å²) in [5, 5.41) is 3.29. The van der Waals surface area contributed by atoms with Crippen LogP contribution in [0.2, 0.25) is 10.0 Å². The number of morpholine rings is 1. The van der Waals surface area contributed by atoms with Crippen LogP contribution in [0.5, 0.6) is 5.75 Å². The number of methoxy groups -OCH3 is 1. The number of carbonyl (C=O) groups is 2. The lowest BCUT2D eigenvalue weighted by Crippen LogP contribution is -2.48. The van der Waals surface area contributed by atoms with E-state index in [1.54, 1.807) is 13.1 Å². The van der Waals surface area contributed by atoms with Crippen LogP contribution in [0, 0.1) is 0 Å². The van der Waals surface area contributed by atoms with Crippen molar-refractivity contribution in [2.24, 2.45) is 0 Å². The maximum absolute atomic E-state index is 13.8. The summed E-state index contributed by atoms with van der Waals surface area (Å²) in [5.41, 5.74) is 5.08. The Bertz CT molecular complexity index is 1470. The number of fused-ring (bicyclic) bond motifs is 1. The number of amides is 3. The van der Waals surface area contributed by atoms with Gasteiger partial charge in [-0.05, 0) is 44.2 Å². The number of nitrogens with one attached hydrogen (secondary N) is 2. The van der Waals surface area contributed by atoms with E-state index in [4.69, 9.17) is 37.5 Å². The number of hydroxylamine groups is 1. The molecule has 222 valence electrons. The zero-order valence-electron chi connectivity index (χ0n) is 23.4. The number of halogens is 2. The Morgan fingerprint density at radius 2 is 1.86 bits per heavy atom. The number of benzene rings is 2. The minimum atomic E-state index is -0.604. The van der Waals surface area contributed by atoms with Gasteiger partial charge in [0.05, 0.1) is 49.7 Å². The Morgan fingerprint density at radius 1 is 1.12 bits per heavy atom. The summed E-state index contributed by atoms with van der Waals surface area (Å²) < 4.78 is 10.8. The molecule has 3 amide bonds. The number of rotatable bonds is 9. The van der Waals surface area contributed by atoms with Crippen molar-refractivity contribution in [2.45, 2.75) is 20.4 Å². The second-order valence-corrected chi connectivity index (χ2v) is 10.1. The third-order valence-corrected chi connectivity index (χ3v) is 7.64. The molecule has 0 unspecified atom stereocenters. The summed E-state index contributed by atoms with van der Waals surface area (Å²) in [6.45, 7) is 7.33. The first-order chi connectivity index (χ1) is 20.4. The highest BCUT2D eigenvalue weighted by molar-refractivity contribution is 6.43. The molecule has 1 fully saturated rings. The first-order valence-corrected chi connectivity index (χ1v) is 14.2. The van der Waals surface area contributed by atoms with Crippen molar-refractivity contribution in [1.82, 2.24) is 15.4 Å². The van der Waals surface area contributed by atoms with Crippen LogP contribution in [0.15, 0.2) is 36.5 Å². The molecule has 3 heterocycles. The molecule has 5 rings (SSSR count). The van der Waals surface area contributed by atoms with Crippen molar-refractivity contribution in [3.8, 4) is 5.75 Å². The van der Waals surface area contributed by atoms with E-state index in [-0.39, 0.29) is 40.2 Å². The minimum Gasteiger partial charge on any atom is -0.495 e. The van der Waals surface area contributed by atoms with Gasteiger partial charge in [-0.1, -0.05) is 23.2 Å². The molecule has 14 heteroatoms. The summed E-state index contributed by atoms with van der Waals surface area (Å²) in [6.07, 6.45) is 1.65. The van der Waals surface area contributed by atoms with Crippen LogP contribution in [-0.4, -0.2) is 68.5 Å². The second-order valence-electron chi connectivity index (χ2n) is 9.39. The van der Waals surface area contributed by atoms with Gasteiger partial charge >= 0.3 is 6.03 Å². The van der Waals surface area contributed by atoms with Gasteiger partial charge in [0.2, 0.25) is 5.95 Å². The van der Waals surface area contributed by atoms with Gasteiger partial charge < -0.3 is 19.7 Å². The fraction of sp³-hybridized carbons (Fsp3) is 0.357. The molecule has 0 bridgehead atoms.